The third-order valence-corrected chi connectivity index (χ3v) is 7.04. The first-order chi connectivity index (χ1) is 15.8. The number of fused-ring (bicyclic) bond motifs is 1. The highest BCUT2D eigenvalue weighted by atomic mass is 32.1. The lowest BCUT2D eigenvalue weighted by molar-refractivity contribution is -0.115. The van der Waals surface area contributed by atoms with Gasteiger partial charge in [0.05, 0.1) is 13.7 Å². The molecular weight excluding hydrogens is 439 g/mol. The normalized spacial score (nSPS) is 15.2. The Kier molecular flexibility index (Phi) is 6.51. The van der Waals surface area contributed by atoms with Crippen LogP contribution in [0, 0.1) is 19.7 Å². The van der Waals surface area contributed by atoms with Gasteiger partial charge in [0.2, 0.25) is 5.91 Å². The first-order valence-corrected chi connectivity index (χ1v) is 11.8. The van der Waals surface area contributed by atoms with Gasteiger partial charge in [0.1, 0.15) is 16.4 Å². The lowest BCUT2D eigenvalue weighted by Gasteiger charge is -2.36. The van der Waals surface area contributed by atoms with E-state index in [9.17, 15) is 14.0 Å². The Morgan fingerprint density at radius 1 is 1.18 bits per heavy atom. The molecule has 0 bridgehead atoms. The second kappa shape index (κ2) is 9.35. The first kappa shape index (κ1) is 23.0. The molecule has 1 aromatic heterocycles. The van der Waals surface area contributed by atoms with E-state index in [1.54, 1.807) is 6.07 Å². The summed E-state index contributed by atoms with van der Waals surface area (Å²) in [6, 6.07) is 10.9. The third-order valence-electron chi connectivity index (χ3n) is 6.15. The predicted molar refractivity (Wildman–Crippen MR) is 131 cm³/mol. The number of amides is 1. The van der Waals surface area contributed by atoms with Crippen molar-refractivity contribution in [3.8, 4) is 11.1 Å². The average molecular weight is 467 g/mol. The molecule has 33 heavy (non-hydrogen) atoms. The summed E-state index contributed by atoms with van der Waals surface area (Å²) in [6.45, 7) is 6.16. The molecule has 0 spiro atoms. The van der Waals surface area contributed by atoms with E-state index in [4.69, 9.17) is 4.74 Å². The molecular formula is C26H27FN2O3S. The SMILES string of the molecule is COC(=O)c1c(-c2cc(C)ccc2C)csc1NC(=O)CN1c2ccc(F)cc2CCC1C. The fraction of sp³-hybridized carbons (Fsp3) is 0.308. The van der Waals surface area contributed by atoms with E-state index < -0.39 is 5.97 Å². The van der Waals surface area contributed by atoms with Crippen LogP contribution >= 0.6 is 11.3 Å². The Morgan fingerprint density at radius 3 is 2.73 bits per heavy atom. The number of carbonyl (C=O) groups excluding carboxylic acids is 2. The van der Waals surface area contributed by atoms with Gasteiger partial charge in [-0.2, -0.15) is 0 Å². The summed E-state index contributed by atoms with van der Waals surface area (Å²) in [6.07, 6.45) is 1.62. The van der Waals surface area contributed by atoms with Crippen LogP contribution in [0.5, 0.6) is 0 Å². The molecule has 3 aromatic rings. The number of nitrogens with zero attached hydrogens (tertiary/aromatic N) is 1. The highest BCUT2D eigenvalue weighted by molar-refractivity contribution is 7.15. The molecule has 1 atom stereocenters. The molecule has 4 rings (SSSR count). The molecule has 1 N–H and O–H groups in total. The number of hydrogen-bond donors (Lipinski definition) is 1. The second-order valence-corrected chi connectivity index (χ2v) is 9.38. The Labute approximate surface area is 197 Å². The van der Waals surface area contributed by atoms with Crippen LogP contribution < -0.4 is 10.2 Å². The number of carbonyl (C=O) groups is 2. The van der Waals surface area contributed by atoms with Crippen LogP contribution in [0.3, 0.4) is 0 Å². The number of anilines is 2. The van der Waals surface area contributed by atoms with Crippen molar-refractivity contribution in [2.45, 2.75) is 39.7 Å². The number of nitrogens with one attached hydrogen (secondary N) is 1. The Bertz CT molecular complexity index is 1220. The molecule has 0 aliphatic carbocycles. The average Bonchev–Trinajstić information content (AvgIpc) is 3.19. The minimum Gasteiger partial charge on any atom is -0.465 e. The van der Waals surface area contributed by atoms with Crippen LogP contribution in [0.2, 0.25) is 0 Å². The standard InChI is InChI=1S/C26H27FN2O3S/c1-15-5-6-16(2)20(11-15)21-14-33-25(24(21)26(31)32-4)28-23(30)13-29-17(3)7-8-18-12-19(27)9-10-22(18)29/h5-6,9-12,14,17H,7-8,13H2,1-4H3,(H,28,30). The fourth-order valence-corrected chi connectivity index (χ4v) is 5.30. The summed E-state index contributed by atoms with van der Waals surface area (Å²) >= 11 is 1.31. The van der Waals surface area contributed by atoms with Crippen molar-refractivity contribution in [2.24, 2.45) is 0 Å². The predicted octanol–water partition coefficient (Wildman–Crippen LogP) is 5.74. The first-order valence-electron chi connectivity index (χ1n) is 10.9. The lowest BCUT2D eigenvalue weighted by atomic mass is 9.96. The fourth-order valence-electron chi connectivity index (χ4n) is 4.33. The molecule has 2 aromatic carbocycles. The maximum Gasteiger partial charge on any atom is 0.341 e. The molecule has 0 saturated heterocycles. The van der Waals surface area contributed by atoms with Crippen LogP contribution in [0.25, 0.3) is 11.1 Å². The number of aryl methyl sites for hydroxylation is 3. The molecule has 0 saturated carbocycles. The van der Waals surface area contributed by atoms with Gasteiger partial charge in [0.15, 0.2) is 0 Å². The summed E-state index contributed by atoms with van der Waals surface area (Å²) in [4.78, 5) is 27.7. The van der Waals surface area contributed by atoms with E-state index in [0.29, 0.717) is 10.6 Å². The van der Waals surface area contributed by atoms with Gasteiger partial charge in [0, 0.05) is 22.7 Å². The van der Waals surface area contributed by atoms with Gasteiger partial charge in [-0.15, -0.1) is 11.3 Å². The van der Waals surface area contributed by atoms with Crippen LogP contribution in [0.1, 0.15) is 40.4 Å². The molecule has 172 valence electrons. The van der Waals surface area contributed by atoms with E-state index in [1.165, 1.54) is 30.6 Å². The Morgan fingerprint density at radius 2 is 1.97 bits per heavy atom. The van der Waals surface area contributed by atoms with E-state index in [1.807, 2.05) is 42.3 Å². The molecule has 1 aliphatic rings. The van der Waals surface area contributed by atoms with E-state index in [-0.39, 0.29) is 24.3 Å². The van der Waals surface area contributed by atoms with Crippen molar-refractivity contribution >= 4 is 33.9 Å². The van der Waals surface area contributed by atoms with E-state index >= 15 is 0 Å². The largest absolute Gasteiger partial charge is 0.465 e. The number of esters is 1. The summed E-state index contributed by atoms with van der Waals surface area (Å²) in [7, 11) is 1.34. The van der Waals surface area contributed by atoms with Crippen molar-refractivity contribution in [3.05, 3.63) is 69.8 Å². The summed E-state index contributed by atoms with van der Waals surface area (Å²) in [5.74, 6) is -0.999. The molecule has 1 aliphatic heterocycles. The number of rotatable bonds is 5. The Balaban J connectivity index is 1.62. The van der Waals surface area contributed by atoms with Crippen LogP contribution in [-0.2, 0) is 16.0 Å². The lowest BCUT2D eigenvalue weighted by Crippen LogP contribution is -2.42. The van der Waals surface area contributed by atoms with Crippen LogP contribution in [-0.4, -0.2) is 31.6 Å². The van der Waals surface area contributed by atoms with Gasteiger partial charge < -0.3 is 15.0 Å². The van der Waals surface area contributed by atoms with Gasteiger partial charge >= 0.3 is 5.97 Å². The minimum absolute atomic E-state index is 0.108. The van der Waals surface area contributed by atoms with Crippen molar-refractivity contribution in [1.82, 2.24) is 0 Å². The zero-order valence-electron chi connectivity index (χ0n) is 19.2. The smallest absolute Gasteiger partial charge is 0.341 e. The molecule has 1 amide bonds. The van der Waals surface area contributed by atoms with Crippen LogP contribution in [0.15, 0.2) is 41.8 Å². The van der Waals surface area contributed by atoms with Gasteiger partial charge in [0.25, 0.3) is 0 Å². The maximum absolute atomic E-state index is 13.7. The van der Waals surface area contributed by atoms with Crippen molar-refractivity contribution in [3.63, 3.8) is 0 Å². The van der Waals surface area contributed by atoms with Gasteiger partial charge in [-0.05, 0) is 68.5 Å². The molecule has 7 heteroatoms. The Hall–Kier alpha value is -3.19. The van der Waals surface area contributed by atoms with E-state index in [2.05, 4.69) is 12.2 Å². The number of halogens is 1. The number of methoxy groups -OCH3 is 1. The number of benzene rings is 2. The quantitative estimate of drug-likeness (QED) is 0.488. The highest BCUT2D eigenvalue weighted by Crippen LogP contribution is 2.38. The molecule has 1 unspecified atom stereocenters. The number of hydrogen-bond acceptors (Lipinski definition) is 5. The molecule has 2 heterocycles. The monoisotopic (exact) mass is 466 g/mol. The van der Waals surface area contributed by atoms with Crippen LogP contribution in [0.4, 0.5) is 15.1 Å². The van der Waals surface area contributed by atoms with Crippen molar-refractivity contribution < 1.29 is 18.7 Å². The molecule has 5 nitrogen and oxygen atoms in total. The van der Waals surface area contributed by atoms with Gasteiger partial charge in [-0.25, -0.2) is 9.18 Å². The minimum atomic E-state index is -0.491. The highest BCUT2D eigenvalue weighted by Gasteiger charge is 2.27. The van der Waals surface area contributed by atoms with Crippen molar-refractivity contribution in [1.29, 1.82) is 0 Å². The summed E-state index contributed by atoms with van der Waals surface area (Å²) in [5, 5.41) is 5.27. The van der Waals surface area contributed by atoms with Crippen molar-refractivity contribution in [2.75, 3.05) is 23.9 Å². The summed E-state index contributed by atoms with van der Waals surface area (Å²) < 4.78 is 18.7. The van der Waals surface area contributed by atoms with Gasteiger partial charge in [-0.3, -0.25) is 4.79 Å². The van der Waals surface area contributed by atoms with Gasteiger partial charge in [-0.1, -0.05) is 23.8 Å². The number of thiophene rings is 1. The van der Waals surface area contributed by atoms with E-state index in [0.717, 1.165) is 46.3 Å². The third kappa shape index (κ3) is 4.64. The topological polar surface area (TPSA) is 58.6 Å². The summed E-state index contributed by atoms with van der Waals surface area (Å²) in [5.41, 5.74) is 5.94. The zero-order valence-corrected chi connectivity index (χ0v) is 20.0. The molecule has 0 radical (unpaired) electrons. The molecule has 0 fully saturated rings. The zero-order chi connectivity index (χ0) is 23.7. The maximum atomic E-state index is 13.7. The number of ether oxygens (including phenoxy) is 1. The second-order valence-electron chi connectivity index (χ2n) is 8.50.